The molecular weight excluding hydrogens is 234 g/mol. The van der Waals surface area contributed by atoms with E-state index in [9.17, 15) is 4.79 Å². The Kier molecular flexibility index (Phi) is 2.84. The number of pyridine rings is 1. The third kappa shape index (κ3) is 2.25. The van der Waals surface area contributed by atoms with Gasteiger partial charge < -0.3 is 0 Å². The Hall–Kier alpha value is -2.48. The molecule has 0 spiro atoms. The van der Waals surface area contributed by atoms with Crippen LogP contribution in [-0.2, 0) is 0 Å². The highest BCUT2D eigenvalue weighted by Gasteiger charge is 2.02. The number of nitrogens with zero attached hydrogens (tertiary/aromatic N) is 1. The van der Waals surface area contributed by atoms with Crippen molar-refractivity contribution in [3.05, 3.63) is 65.9 Å². The molecular formula is C17H13NO. The molecule has 1 heterocycles. The smallest absolute Gasteiger partial charge is 0.150 e. The Bertz CT molecular complexity index is 762. The SMILES string of the molecule is Cc1ccc2cc(-c3cccc(C=O)c3)ccc2n1. The van der Waals surface area contributed by atoms with Gasteiger partial charge in [-0.25, -0.2) is 0 Å². The molecule has 0 bridgehead atoms. The minimum absolute atomic E-state index is 0.694. The highest BCUT2D eigenvalue weighted by molar-refractivity contribution is 5.86. The highest BCUT2D eigenvalue weighted by atomic mass is 16.1. The molecule has 3 rings (SSSR count). The molecule has 0 aliphatic rings. The average molecular weight is 247 g/mol. The van der Waals surface area contributed by atoms with Crippen LogP contribution in [0, 0.1) is 6.92 Å². The summed E-state index contributed by atoms with van der Waals surface area (Å²) < 4.78 is 0. The summed E-state index contributed by atoms with van der Waals surface area (Å²) in [6, 6.07) is 17.9. The molecule has 0 aliphatic heterocycles. The number of carbonyl (C=O) groups excluding carboxylic acids is 1. The van der Waals surface area contributed by atoms with E-state index in [1.54, 1.807) is 0 Å². The molecule has 0 atom stereocenters. The first-order chi connectivity index (χ1) is 9.26. The van der Waals surface area contributed by atoms with Crippen molar-refractivity contribution in [1.82, 2.24) is 4.98 Å². The number of hydrogen-bond acceptors (Lipinski definition) is 2. The lowest BCUT2D eigenvalue weighted by molar-refractivity contribution is 0.112. The maximum Gasteiger partial charge on any atom is 0.150 e. The number of fused-ring (bicyclic) bond motifs is 1. The predicted molar refractivity (Wildman–Crippen MR) is 77.3 cm³/mol. The average Bonchev–Trinajstić information content (AvgIpc) is 2.46. The zero-order valence-corrected chi connectivity index (χ0v) is 10.6. The lowest BCUT2D eigenvalue weighted by Crippen LogP contribution is -1.85. The van der Waals surface area contributed by atoms with Crippen LogP contribution < -0.4 is 0 Å². The molecule has 0 fully saturated rings. The fraction of sp³-hybridized carbons (Fsp3) is 0.0588. The molecule has 3 aromatic rings. The standard InChI is InChI=1S/C17H13NO/c1-12-5-6-16-10-15(7-8-17(16)18-12)14-4-2-3-13(9-14)11-19/h2-11H,1H3. The Morgan fingerprint density at radius 2 is 1.79 bits per heavy atom. The summed E-state index contributed by atoms with van der Waals surface area (Å²) in [4.78, 5) is 15.3. The van der Waals surface area contributed by atoms with Crippen molar-refractivity contribution in [2.45, 2.75) is 6.92 Å². The molecule has 0 saturated carbocycles. The first kappa shape index (κ1) is 11.6. The van der Waals surface area contributed by atoms with Gasteiger partial charge in [0.05, 0.1) is 5.52 Å². The van der Waals surface area contributed by atoms with Gasteiger partial charge in [-0.3, -0.25) is 9.78 Å². The lowest BCUT2D eigenvalue weighted by atomic mass is 10.0. The molecule has 0 unspecified atom stereocenters. The van der Waals surface area contributed by atoms with E-state index in [0.717, 1.165) is 34.0 Å². The number of aryl methyl sites for hydroxylation is 1. The minimum Gasteiger partial charge on any atom is -0.298 e. The van der Waals surface area contributed by atoms with Gasteiger partial charge in [0.15, 0.2) is 0 Å². The second-order valence-electron chi connectivity index (χ2n) is 4.60. The fourth-order valence-corrected chi connectivity index (χ4v) is 2.20. The Morgan fingerprint density at radius 3 is 2.63 bits per heavy atom. The normalized spacial score (nSPS) is 10.6. The second-order valence-corrected chi connectivity index (χ2v) is 4.60. The van der Waals surface area contributed by atoms with Gasteiger partial charge in [-0.2, -0.15) is 0 Å². The number of aldehydes is 1. The molecule has 19 heavy (non-hydrogen) atoms. The van der Waals surface area contributed by atoms with Gasteiger partial charge in [-0.1, -0.05) is 30.3 Å². The van der Waals surface area contributed by atoms with Crippen LogP contribution in [0.3, 0.4) is 0 Å². The summed E-state index contributed by atoms with van der Waals surface area (Å²) in [5, 5.41) is 1.11. The third-order valence-corrected chi connectivity index (χ3v) is 3.18. The van der Waals surface area contributed by atoms with Crippen molar-refractivity contribution in [3.8, 4) is 11.1 Å². The van der Waals surface area contributed by atoms with Crippen LogP contribution in [0.15, 0.2) is 54.6 Å². The summed E-state index contributed by atoms with van der Waals surface area (Å²) in [6.07, 6.45) is 0.870. The number of carbonyl (C=O) groups is 1. The van der Waals surface area contributed by atoms with Crippen LogP contribution in [0.25, 0.3) is 22.0 Å². The van der Waals surface area contributed by atoms with E-state index in [-0.39, 0.29) is 0 Å². The minimum atomic E-state index is 0.694. The van der Waals surface area contributed by atoms with Crippen molar-refractivity contribution in [3.63, 3.8) is 0 Å². The van der Waals surface area contributed by atoms with Gasteiger partial charge in [0.25, 0.3) is 0 Å². The number of benzene rings is 2. The molecule has 0 amide bonds. The summed E-state index contributed by atoms with van der Waals surface area (Å²) >= 11 is 0. The molecule has 0 saturated heterocycles. The monoisotopic (exact) mass is 247 g/mol. The van der Waals surface area contributed by atoms with Gasteiger partial charge in [0.1, 0.15) is 6.29 Å². The van der Waals surface area contributed by atoms with Crippen LogP contribution in [-0.4, -0.2) is 11.3 Å². The number of rotatable bonds is 2. The summed E-state index contributed by atoms with van der Waals surface area (Å²) in [7, 11) is 0. The van der Waals surface area contributed by atoms with Gasteiger partial charge in [-0.05, 0) is 42.3 Å². The van der Waals surface area contributed by atoms with Crippen LogP contribution in [0.2, 0.25) is 0 Å². The Labute approximate surface area is 111 Å². The van der Waals surface area contributed by atoms with Crippen molar-refractivity contribution >= 4 is 17.2 Å². The molecule has 2 heteroatoms. The summed E-state index contributed by atoms with van der Waals surface area (Å²) in [5.74, 6) is 0. The summed E-state index contributed by atoms with van der Waals surface area (Å²) in [6.45, 7) is 1.99. The highest BCUT2D eigenvalue weighted by Crippen LogP contribution is 2.24. The van der Waals surface area contributed by atoms with Crippen molar-refractivity contribution in [2.24, 2.45) is 0 Å². The summed E-state index contributed by atoms with van der Waals surface area (Å²) in [5.41, 5.74) is 4.85. The van der Waals surface area contributed by atoms with E-state index in [1.165, 1.54) is 0 Å². The fourth-order valence-electron chi connectivity index (χ4n) is 2.20. The van der Waals surface area contributed by atoms with E-state index in [2.05, 4.69) is 17.1 Å². The van der Waals surface area contributed by atoms with E-state index < -0.39 is 0 Å². The van der Waals surface area contributed by atoms with Crippen molar-refractivity contribution < 1.29 is 4.79 Å². The van der Waals surface area contributed by atoms with E-state index >= 15 is 0 Å². The number of aromatic nitrogens is 1. The van der Waals surface area contributed by atoms with E-state index in [0.29, 0.717) is 5.56 Å². The van der Waals surface area contributed by atoms with Gasteiger partial charge in [-0.15, -0.1) is 0 Å². The first-order valence-corrected chi connectivity index (χ1v) is 6.19. The van der Waals surface area contributed by atoms with Crippen LogP contribution in [0.5, 0.6) is 0 Å². The van der Waals surface area contributed by atoms with Crippen molar-refractivity contribution in [2.75, 3.05) is 0 Å². The largest absolute Gasteiger partial charge is 0.298 e. The number of hydrogen-bond donors (Lipinski definition) is 0. The van der Waals surface area contributed by atoms with Crippen LogP contribution in [0.1, 0.15) is 16.1 Å². The Morgan fingerprint density at radius 1 is 0.947 bits per heavy atom. The Balaban J connectivity index is 2.14. The zero-order valence-electron chi connectivity index (χ0n) is 10.6. The second kappa shape index (κ2) is 4.65. The van der Waals surface area contributed by atoms with Crippen LogP contribution >= 0.6 is 0 Å². The maximum atomic E-state index is 10.8. The van der Waals surface area contributed by atoms with Gasteiger partial charge in [0, 0.05) is 16.6 Å². The van der Waals surface area contributed by atoms with Crippen LogP contribution in [0.4, 0.5) is 0 Å². The molecule has 1 aromatic heterocycles. The molecule has 0 radical (unpaired) electrons. The van der Waals surface area contributed by atoms with Gasteiger partial charge in [0.2, 0.25) is 0 Å². The van der Waals surface area contributed by atoms with E-state index in [1.807, 2.05) is 49.4 Å². The van der Waals surface area contributed by atoms with Gasteiger partial charge >= 0.3 is 0 Å². The molecule has 2 nitrogen and oxygen atoms in total. The third-order valence-electron chi connectivity index (χ3n) is 3.18. The first-order valence-electron chi connectivity index (χ1n) is 6.19. The van der Waals surface area contributed by atoms with Crippen molar-refractivity contribution in [1.29, 1.82) is 0 Å². The zero-order chi connectivity index (χ0) is 13.2. The molecule has 0 aliphatic carbocycles. The topological polar surface area (TPSA) is 30.0 Å². The predicted octanol–water partition coefficient (Wildman–Crippen LogP) is 4.02. The molecule has 2 aromatic carbocycles. The molecule has 0 N–H and O–H groups in total. The maximum absolute atomic E-state index is 10.8. The lowest BCUT2D eigenvalue weighted by Gasteiger charge is -2.05. The van der Waals surface area contributed by atoms with E-state index in [4.69, 9.17) is 0 Å². The molecule has 92 valence electrons. The quantitative estimate of drug-likeness (QED) is 0.640.